The van der Waals surface area contributed by atoms with Crippen LogP contribution in [0.4, 0.5) is 5.69 Å². The monoisotopic (exact) mass is 327 g/mol. The Hall–Kier alpha value is -1.24. The maximum absolute atomic E-state index is 11.7. The van der Waals surface area contributed by atoms with Gasteiger partial charge in [0.25, 0.3) is 0 Å². The molecule has 0 amide bonds. The van der Waals surface area contributed by atoms with Crippen LogP contribution in [0.2, 0.25) is 5.02 Å². The quantitative estimate of drug-likeness (QED) is 0.920. The standard InChI is InChI=1S/C14H18ClN3O2S/c1-10-9-17(5-6-18(10)21(2,19)20)14-8-11(15)7-13-12(14)3-4-16-13/h3-4,7-8,10,16H,5-6,9H2,1-2H3. The van der Waals surface area contributed by atoms with Crippen molar-refractivity contribution in [3.8, 4) is 0 Å². The molecule has 1 aromatic heterocycles. The second kappa shape index (κ2) is 5.19. The molecule has 1 aliphatic heterocycles. The number of benzene rings is 1. The molecule has 7 heteroatoms. The third kappa shape index (κ3) is 2.75. The van der Waals surface area contributed by atoms with Crippen molar-refractivity contribution in [3.63, 3.8) is 0 Å². The van der Waals surface area contributed by atoms with Crippen LogP contribution in [0, 0.1) is 0 Å². The van der Waals surface area contributed by atoms with E-state index in [9.17, 15) is 8.42 Å². The zero-order valence-electron chi connectivity index (χ0n) is 12.0. The number of nitrogens with zero attached hydrogens (tertiary/aromatic N) is 2. The molecule has 1 fully saturated rings. The number of halogens is 1. The molecule has 1 atom stereocenters. The van der Waals surface area contributed by atoms with Crippen molar-refractivity contribution in [2.24, 2.45) is 0 Å². The highest BCUT2D eigenvalue weighted by molar-refractivity contribution is 7.88. The molecule has 0 aliphatic carbocycles. The van der Waals surface area contributed by atoms with E-state index >= 15 is 0 Å². The molecule has 1 aliphatic rings. The van der Waals surface area contributed by atoms with Crippen LogP contribution in [0.25, 0.3) is 10.9 Å². The molecule has 2 aromatic rings. The Morgan fingerprint density at radius 2 is 2.10 bits per heavy atom. The Morgan fingerprint density at radius 1 is 1.33 bits per heavy atom. The van der Waals surface area contributed by atoms with Gasteiger partial charge in [-0.25, -0.2) is 8.42 Å². The molecule has 0 bridgehead atoms. The number of anilines is 1. The van der Waals surface area contributed by atoms with Gasteiger partial charge in [-0.15, -0.1) is 0 Å². The summed E-state index contributed by atoms with van der Waals surface area (Å²) < 4.78 is 25.1. The summed E-state index contributed by atoms with van der Waals surface area (Å²) in [5, 5.41) is 1.79. The molecule has 5 nitrogen and oxygen atoms in total. The van der Waals surface area contributed by atoms with E-state index in [0.29, 0.717) is 24.7 Å². The maximum atomic E-state index is 11.7. The zero-order chi connectivity index (χ0) is 15.2. The molecule has 1 unspecified atom stereocenters. The van der Waals surface area contributed by atoms with Crippen molar-refractivity contribution in [2.75, 3.05) is 30.8 Å². The van der Waals surface area contributed by atoms with Crippen molar-refractivity contribution < 1.29 is 8.42 Å². The Balaban J connectivity index is 1.93. The van der Waals surface area contributed by atoms with Crippen molar-refractivity contribution in [1.29, 1.82) is 0 Å². The average molecular weight is 328 g/mol. The lowest BCUT2D eigenvalue weighted by Gasteiger charge is -2.39. The third-order valence-electron chi connectivity index (χ3n) is 3.94. The highest BCUT2D eigenvalue weighted by Crippen LogP contribution is 2.32. The molecule has 2 heterocycles. The van der Waals surface area contributed by atoms with E-state index in [2.05, 4.69) is 9.88 Å². The van der Waals surface area contributed by atoms with E-state index in [4.69, 9.17) is 11.6 Å². The van der Waals surface area contributed by atoms with Crippen LogP contribution in [-0.4, -0.2) is 49.6 Å². The molecule has 0 radical (unpaired) electrons. The molecule has 1 N–H and O–H groups in total. The number of sulfonamides is 1. The molecule has 0 spiro atoms. The Kier molecular flexibility index (Phi) is 3.63. The first-order valence-corrected chi connectivity index (χ1v) is 9.07. The number of aromatic nitrogens is 1. The van der Waals surface area contributed by atoms with Gasteiger partial charge < -0.3 is 9.88 Å². The van der Waals surface area contributed by atoms with Crippen molar-refractivity contribution in [1.82, 2.24) is 9.29 Å². The first kappa shape index (κ1) is 14.7. The van der Waals surface area contributed by atoms with Gasteiger partial charge in [-0.1, -0.05) is 11.6 Å². The molecular weight excluding hydrogens is 310 g/mol. The lowest BCUT2D eigenvalue weighted by atomic mass is 10.1. The van der Waals surface area contributed by atoms with E-state index in [-0.39, 0.29) is 6.04 Å². The van der Waals surface area contributed by atoms with E-state index in [1.165, 1.54) is 6.26 Å². The molecule has 0 saturated carbocycles. The predicted molar refractivity (Wildman–Crippen MR) is 86.5 cm³/mol. The number of aromatic amines is 1. The van der Waals surface area contributed by atoms with Gasteiger partial charge in [0.1, 0.15) is 0 Å². The molecule has 21 heavy (non-hydrogen) atoms. The summed E-state index contributed by atoms with van der Waals surface area (Å²) in [6.07, 6.45) is 3.16. The van der Waals surface area contributed by atoms with Crippen molar-refractivity contribution in [2.45, 2.75) is 13.0 Å². The number of nitrogens with one attached hydrogen (secondary N) is 1. The Bertz CT molecular complexity index is 772. The average Bonchev–Trinajstić information content (AvgIpc) is 2.83. The summed E-state index contributed by atoms with van der Waals surface area (Å²) >= 11 is 6.18. The van der Waals surface area contributed by atoms with Crippen molar-refractivity contribution >= 4 is 38.2 Å². The molecular formula is C14H18ClN3O2S. The van der Waals surface area contributed by atoms with Gasteiger partial charge in [-0.3, -0.25) is 0 Å². The van der Waals surface area contributed by atoms with Crippen LogP contribution in [-0.2, 0) is 10.0 Å². The van der Waals surface area contributed by atoms with Crippen LogP contribution < -0.4 is 4.90 Å². The third-order valence-corrected chi connectivity index (χ3v) is 5.56. The topological polar surface area (TPSA) is 56.4 Å². The molecule has 1 saturated heterocycles. The number of hydrogen-bond donors (Lipinski definition) is 1. The minimum Gasteiger partial charge on any atom is -0.368 e. The van der Waals surface area contributed by atoms with Gasteiger partial charge in [-0.2, -0.15) is 4.31 Å². The molecule has 1 aromatic carbocycles. The number of hydrogen-bond acceptors (Lipinski definition) is 3. The fourth-order valence-corrected chi connectivity index (χ4v) is 4.37. The van der Waals surface area contributed by atoms with E-state index < -0.39 is 10.0 Å². The van der Waals surface area contributed by atoms with Crippen LogP contribution >= 0.6 is 11.6 Å². The summed E-state index contributed by atoms with van der Waals surface area (Å²) in [5.41, 5.74) is 2.05. The van der Waals surface area contributed by atoms with Crippen molar-refractivity contribution in [3.05, 3.63) is 29.4 Å². The van der Waals surface area contributed by atoms with Gasteiger partial charge in [0, 0.05) is 53.5 Å². The second-order valence-electron chi connectivity index (χ2n) is 5.53. The first-order chi connectivity index (χ1) is 9.86. The van der Waals surface area contributed by atoms with Gasteiger partial charge in [0.05, 0.1) is 6.26 Å². The van der Waals surface area contributed by atoms with E-state index in [0.717, 1.165) is 16.6 Å². The second-order valence-corrected chi connectivity index (χ2v) is 7.90. The van der Waals surface area contributed by atoms with Gasteiger partial charge in [0.2, 0.25) is 10.0 Å². The normalized spacial score (nSPS) is 21.1. The molecule has 114 valence electrons. The maximum Gasteiger partial charge on any atom is 0.211 e. The summed E-state index contributed by atoms with van der Waals surface area (Å²) in [6.45, 7) is 3.76. The molecule has 3 rings (SSSR count). The number of rotatable bonds is 2. The SMILES string of the molecule is CC1CN(c2cc(Cl)cc3[nH]ccc23)CCN1S(C)(=O)=O. The Labute approximate surface area is 129 Å². The summed E-state index contributed by atoms with van der Waals surface area (Å²) in [7, 11) is -3.15. The zero-order valence-corrected chi connectivity index (χ0v) is 13.6. The van der Waals surface area contributed by atoms with Crippen LogP contribution in [0.15, 0.2) is 24.4 Å². The lowest BCUT2D eigenvalue weighted by Crippen LogP contribution is -2.53. The predicted octanol–water partition coefficient (Wildman–Crippen LogP) is 2.29. The fraction of sp³-hybridized carbons (Fsp3) is 0.429. The minimum absolute atomic E-state index is 0.0540. The number of piperazine rings is 1. The summed E-state index contributed by atoms with van der Waals surface area (Å²) in [6, 6.07) is 5.81. The minimum atomic E-state index is -3.15. The lowest BCUT2D eigenvalue weighted by molar-refractivity contribution is 0.309. The van der Waals surface area contributed by atoms with Crippen LogP contribution in [0.3, 0.4) is 0 Å². The highest BCUT2D eigenvalue weighted by Gasteiger charge is 2.30. The number of H-pyrrole nitrogens is 1. The first-order valence-electron chi connectivity index (χ1n) is 6.84. The largest absolute Gasteiger partial charge is 0.368 e. The number of fused-ring (bicyclic) bond motifs is 1. The fourth-order valence-electron chi connectivity index (χ4n) is 3.03. The van der Waals surface area contributed by atoms with Crippen LogP contribution in [0.1, 0.15) is 6.92 Å². The van der Waals surface area contributed by atoms with E-state index in [1.807, 2.05) is 31.3 Å². The summed E-state index contributed by atoms with van der Waals surface area (Å²) in [4.78, 5) is 5.37. The summed E-state index contributed by atoms with van der Waals surface area (Å²) in [5.74, 6) is 0. The van der Waals surface area contributed by atoms with E-state index in [1.54, 1.807) is 4.31 Å². The van der Waals surface area contributed by atoms with Gasteiger partial charge in [0.15, 0.2) is 0 Å². The highest BCUT2D eigenvalue weighted by atomic mass is 35.5. The van der Waals surface area contributed by atoms with Gasteiger partial charge >= 0.3 is 0 Å². The van der Waals surface area contributed by atoms with Crippen LogP contribution in [0.5, 0.6) is 0 Å². The Morgan fingerprint density at radius 3 is 2.76 bits per heavy atom. The smallest absolute Gasteiger partial charge is 0.211 e. The van der Waals surface area contributed by atoms with Gasteiger partial charge in [-0.05, 0) is 25.1 Å².